The molecule has 274 valence electrons. The van der Waals surface area contributed by atoms with Gasteiger partial charge in [0.1, 0.15) is 5.60 Å². The molecule has 0 bridgehead atoms. The summed E-state index contributed by atoms with van der Waals surface area (Å²) in [5.41, 5.74) is -4.38. The minimum absolute atomic E-state index is 0.0645. The number of aliphatic hydroxyl groups is 1. The molecule has 17 heteroatoms. The van der Waals surface area contributed by atoms with Crippen molar-refractivity contribution in [3.8, 4) is 11.8 Å². The van der Waals surface area contributed by atoms with Crippen molar-refractivity contribution in [1.29, 1.82) is 0 Å². The van der Waals surface area contributed by atoms with Gasteiger partial charge in [0, 0.05) is 31.2 Å². The third-order valence-corrected chi connectivity index (χ3v) is 13.6. The summed E-state index contributed by atoms with van der Waals surface area (Å²) in [6.07, 6.45) is -8.65. The molecule has 2 N–H and O–H groups in total. The van der Waals surface area contributed by atoms with Crippen molar-refractivity contribution >= 4 is 14.4 Å². The molecular formula is C31H48F6N4O6Si. The van der Waals surface area contributed by atoms with E-state index in [4.69, 9.17) is 18.6 Å². The van der Waals surface area contributed by atoms with Crippen LogP contribution in [0.5, 0.6) is 11.8 Å². The molecule has 2 atom stereocenters. The molecule has 4 rings (SSSR count). The van der Waals surface area contributed by atoms with Gasteiger partial charge in [0.25, 0.3) is 0 Å². The zero-order valence-corrected chi connectivity index (χ0v) is 29.7. The van der Waals surface area contributed by atoms with Crippen LogP contribution in [0.15, 0.2) is 24.5 Å². The van der Waals surface area contributed by atoms with Crippen molar-refractivity contribution < 1.29 is 54.9 Å². The van der Waals surface area contributed by atoms with Crippen molar-refractivity contribution in [2.45, 2.75) is 128 Å². The minimum Gasteiger partial charge on any atom is -0.478 e. The van der Waals surface area contributed by atoms with Gasteiger partial charge in [-0.15, -0.1) is 5.10 Å². The number of nitrogens with one attached hydrogen (secondary N) is 1. The number of halogens is 6. The van der Waals surface area contributed by atoms with Crippen LogP contribution in [0.2, 0.25) is 18.1 Å². The Balaban J connectivity index is 0.000000260. The number of ether oxygens (including phenoxy) is 3. The molecule has 0 radical (unpaired) electrons. The van der Waals surface area contributed by atoms with Crippen molar-refractivity contribution in [3.63, 3.8) is 0 Å². The molecular weight excluding hydrogens is 666 g/mol. The number of aromatic nitrogens is 4. The van der Waals surface area contributed by atoms with Crippen LogP contribution >= 0.6 is 0 Å². The first kappa shape index (κ1) is 39.6. The Hall–Kier alpha value is -2.79. The summed E-state index contributed by atoms with van der Waals surface area (Å²) in [7, 11) is -2.31. The van der Waals surface area contributed by atoms with Gasteiger partial charge < -0.3 is 23.7 Å². The number of H-pyrrole nitrogens is 1. The summed E-state index contributed by atoms with van der Waals surface area (Å²) in [6.45, 7) is 15.2. The molecule has 10 nitrogen and oxygen atoms in total. The number of alkyl halides is 6. The zero-order chi connectivity index (χ0) is 36.4. The molecule has 2 aliphatic carbocycles. The normalized spacial score (nSPS) is 18.6. The SMILES string of the molecule is CC(C)(C)OC(=O)n1ccc(OCCC(O)C2(C(F)(F)F)CC2)n1.CC(C)(C)[Si](C)(C)OC(CCOc1ccn[nH]1)C1(C(F)(F)F)CC1. The summed E-state index contributed by atoms with van der Waals surface area (Å²) in [6, 6.07) is 3.04. The van der Waals surface area contributed by atoms with E-state index in [0.717, 1.165) is 4.68 Å². The van der Waals surface area contributed by atoms with Crippen LogP contribution in [0.25, 0.3) is 0 Å². The lowest BCUT2D eigenvalue weighted by molar-refractivity contribution is -0.215. The van der Waals surface area contributed by atoms with E-state index in [2.05, 4.69) is 15.3 Å². The molecule has 0 aliphatic heterocycles. The summed E-state index contributed by atoms with van der Waals surface area (Å²) in [5.74, 6) is 0.530. The molecule has 0 spiro atoms. The number of aromatic amines is 1. The van der Waals surface area contributed by atoms with E-state index in [1.54, 1.807) is 26.8 Å². The molecule has 0 saturated heterocycles. The molecule has 48 heavy (non-hydrogen) atoms. The van der Waals surface area contributed by atoms with Crippen molar-refractivity contribution in [2.75, 3.05) is 13.2 Å². The van der Waals surface area contributed by atoms with Gasteiger partial charge in [-0.1, -0.05) is 20.8 Å². The van der Waals surface area contributed by atoms with Crippen LogP contribution in [-0.2, 0) is 9.16 Å². The minimum atomic E-state index is -4.41. The third-order valence-electron chi connectivity index (χ3n) is 9.10. The maximum absolute atomic E-state index is 13.6. The molecule has 0 aromatic carbocycles. The van der Waals surface area contributed by atoms with Gasteiger partial charge >= 0.3 is 18.4 Å². The second-order valence-corrected chi connectivity index (χ2v) is 19.7. The van der Waals surface area contributed by atoms with Crippen LogP contribution in [0.4, 0.5) is 31.1 Å². The van der Waals surface area contributed by atoms with E-state index >= 15 is 0 Å². The highest BCUT2D eigenvalue weighted by Crippen LogP contribution is 2.62. The molecule has 0 amide bonds. The van der Waals surface area contributed by atoms with E-state index in [1.807, 2.05) is 33.9 Å². The van der Waals surface area contributed by atoms with E-state index in [0.29, 0.717) is 5.88 Å². The van der Waals surface area contributed by atoms with Crippen molar-refractivity contribution in [2.24, 2.45) is 10.8 Å². The number of carbonyl (C=O) groups is 1. The average molecular weight is 715 g/mol. The van der Waals surface area contributed by atoms with Crippen molar-refractivity contribution in [3.05, 3.63) is 24.5 Å². The molecule has 2 fully saturated rings. The highest BCUT2D eigenvalue weighted by molar-refractivity contribution is 6.74. The summed E-state index contributed by atoms with van der Waals surface area (Å²) >= 11 is 0. The maximum atomic E-state index is 13.6. The monoisotopic (exact) mass is 714 g/mol. The van der Waals surface area contributed by atoms with Crippen LogP contribution in [-0.4, -0.2) is 82.9 Å². The lowest BCUT2D eigenvalue weighted by Gasteiger charge is -2.42. The summed E-state index contributed by atoms with van der Waals surface area (Å²) < 4.78 is 102. The van der Waals surface area contributed by atoms with Crippen LogP contribution in [0.3, 0.4) is 0 Å². The number of hydrogen-bond donors (Lipinski definition) is 2. The predicted octanol–water partition coefficient (Wildman–Crippen LogP) is 8.05. The van der Waals surface area contributed by atoms with Gasteiger partial charge in [-0.05, 0) is 64.6 Å². The summed E-state index contributed by atoms with van der Waals surface area (Å²) in [5, 5.41) is 19.9. The molecule has 2 aliphatic rings. The van der Waals surface area contributed by atoms with Gasteiger partial charge in [0.15, 0.2) is 8.32 Å². The smallest absolute Gasteiger partial charge is 0.435 e. The van der Waals surface area contributed by atoms with Crippen LogP contribution < -0.4 is 9.47 Å². The first-order valence-electron chi connectivity index (χ1n) is 15.9. The number of aliphatic hydroxyl groups excluding tert-OH is 1. The fourth-order valence-corrected chi connectivity index (χ4v) is 6.20. The second kappa shape index (κ2) is 14.2. The second-order valence-electron chi connectivity index (χ2n) is 15.0. The standard InChI is InChI=1S/C16H27F3N2O2Si.C15H21F3N2O4/c1-14(2,3)24(4,5)23-12(15(8-9-15)16(17,18)19)7-11-22-13-6-10-20-21-13;1-13(2,3)24-12(22)20-8-4-11(19-20)23-9-5-10(21)14(6-7-14)15(16,17)18/h6,10,12H,7-9,11H2,1-5H3,(H,20,21);4,8,10,21H,5-7,9H2,1-3H3. The fraction of sp³-hybridized carbons (Fsp3) is 0.774. The Bertz CT molecular complexity index is 1330. The van der Waals surface area contributed by atoms with Gasteiger partial charge in [-0.3, -0.25) is 0 Å². The Kier molecular flexibility index (Phi) is 11.7. The van der Waals surface area contributed by atoms with Gasteiger partial charge in [-0.2, -0.15) is 36.1 Å². The Morgan fingerprint density at radius 1 is 0.938 bits per heavy atom. The quantitative estimate of drug-likeness (QED) is 0.167. The van der Waals surface area contributed by atoms with E-state index in [9.17, 15) is 36.2 Å². The van der Waals surface area contributed by atoms with Crippen LogP contribution in [0.1, 0.15) is 80.1 Å². The first-order chi connectivity index (χ1) is 21.8. The van der Waals surface area contributed by atoms with E-state index < -0.39 is 55.4 Å². The molecule has 2 saturated carbocycles. The lowest BCUT2D eigenvalue weighted by atomic mass is 9.96. The van der Waals surface area contributed by atoms with Gasteiger partial charge in [-0.25, -0.2) is 9.89 Å². The fourth-order valence-electron chi connectivity index (χ4n) is 4.79. The van der Waals surface area contributed by atoms with Gasteiger partial charge in [0.2, 0.25) is 11.8 Å². The highest BCUT2D eigenvalue weighted by atomic mass is 28.4. The van der Waals surface area contributed by atoms with Crippen molar-refractivity contribution in [1.82, 2.24) is 20.0 Å². The molecule has 2 unspecified atom stereocenters. The lowest BCUT2D eigenvalue weighted by Crippen LogP contribution is -2.49. The number of rotatable bonds is 12. The van der Waals surface area contributed by atoms with Crippen LogP contribution in [0, 0.1) is 10.8 Å². The maximum Gasteiger partial charge on any atom is 0.435 e. The zero-order valence-electron chi connectivity index (χ0n) is 28.7. The largest absolute Gasteiger partial charge is 0.478 e. The Morgan fingerprint density at radius 3 is 1.96 bits per heavy atom. The average Bonchev–Trinajstić information content (AvgIpc) is 3.81. The Labute approximate surface area is 278 Å². The topological polar surface area (TPSA) is 121 Å². The number of hydrogen-bond acceptors (Lipinski definition) is 8. The highest BCUT2D eigenvalue weighted by Gasteiger charge is 2.68. The third kappa shape index (κ3) is 9.89. The summed E-state index contributed by atoms with van der Waals surface area (Å²) in [4.78, 5) is 11.8. The predicted molar refractivity (Wildman–Crippen MR) is 166 cm³/mol. The molecule has 2 aromatic heterocycles. The van der Waals surface area contributed by atoms with E-state index in [1.165, 1.54) is 18.5 Å². The number of nitrogens with zero attached hydrogens (tertiary/aromatic N) is 3. The molecule has 2 heterocycles. The van der Waals surface area contributed by atoms with Gasteiger partial charge in [0.05, 0.1) is 42.4 Å². The molecule has 2 aromatic rings. The van der Waals surface area contributed by atoms with E-state index in [-0.39, 0.29) is 62.7 Å². The Morgan fingerprint density at radius 2 is 1.50 bits per heavy atom. The number of carbonyl (C=O) groups excluding carboxylic acids is 1. The first-order valence-corrected chi connectivity index (χ1v) is 18.8.